The summed E-state index contributed by atoms with van der Waals surface area (Å²) in [6.45, 7) is 1.74. The molecular weight excluding hydrogens is 166 g/mol. The fraction of sp³-hybridized carbons (Fsp3) is 1.00. The third-order valence-electron chi connectivity index (χ3n) is 1.56. The normalized spacial score (nSPS) is 16.5. The van der Waals surface area contributed by atoms with Gasteiger partial charge in [-0.3, -0.25) is 4.55 Å². The lowest BCUT2D eigenvalue weighted by molar-refractivity contribution is -0.882. The van der Waals surface area contributed by atoms with E-state index in [0.29, 0.717) is 6.42 Å². The minimum absolute atomic E-state index is 0.231. The van der Waals surface area contributed by atoms with Gasteiger partial charge in [0.25, 0.3) is 0 Å². The SMILES string of the molecule is CCC([N+](C)(C)C)S(=O)(=O)O. The molecule has 1 atom stereocenters. The van der Waals surface area contributed by atoms with Crippen LogP contribution in [0.4, 0.5) is 0 Å². The van der Waals surface area contributed by atoms with Crippen molar-refractivity contribution in [3.63, 3.8) is 0 Å². The van der Waals surface area contributed by atoms with Crippen LogP contribution in [0.3, 0.4) is 0 Å². The maximum Gasteiger partial charge on any atom is 0.319 e. The molecule has 1 unspecified atom stereocenters. The molecule has 0 heterocycles. The van der Waals surface area contributed by atoms with Crippen LogP contribution in [0.1, 0.15) is 13.3 Å². The average Bonchev–Trinajstić information content (AvgIpc) is 1.56. The van der Waals surface area contributed by atoms with Crippen molar-refractivity contribution in [3.8, 4) is 0 Å². The highest BCUT2D eigenvalue weighted by molar-refractivity contribution is 7.86. The topological polar surface area (TPSA) is 54.4 Å². The molecule has 11 heavy (non-hydrogen) atoms. The van der Waals surface area contributed by atoms with Gasteiger partial charge in [0, 0.05) is 6.42 Å². The van der Waals surface area contributed by atoms with Crippen LogP contribution in [0, 0.1) is 0 Å². The number of rotatable bonds is 3. The Balaban J connectivity index is 4.72. The Kier molecular flexibility index (Phi) is 3.05. The summed E-state index contributed by atoms with van der Waals surface area (Å²) in [4.78, 5) is 0. The number of hydrogen-bond donors (Lipinski definition) is 1. The van der Waals surface area contributed by atoms with Crippen molar-refractivity contribution in [2.75, 3.05) is 21.1 Å². The summed E-state index contributed by atoms with van der Waals surface area (Å²) >= 11 is 0. The standard InChI is InChI=1S/C6H15NO3S/c1-5-6(7(2,3)4)11(8,9)10/h6H,5H2,1-4H3/p+1. The van der Waals surface area contributed by atoms with Crippen LogP contribution in [0.15, 0.2) is 0 Å². The van der Waals surface area contributed by atoms with Crippen LogP contribution in [0.25, 0.3) is 0 Å². The van der Waals surface area contributed by atoms with E-state index in [1.165, 1.54) is 0 Å². The maximum absolute atomic E-state index is 10.7. The van der Waals surface area contributed by atoms with Crippen LogP contribution < -0.4 is 0 Å². The zero-order chi connectivity index (χ0) is 9.28. The predicted molar refractivity (Wildman–Crippen MR) is 43.7 cm³/mol. The minimum Gasteiger partial charge on any atom is -0.314 e. The Bertz CT molecular complexity index is 214. The van der Waals surface area contributed by atoms with Crippen LogP contribution in [-0.4, -0.2) is 44.0 Å². The van der Waals surface area contributed by atoms with Crippen molar-refractivity contribution in [2.45, 2.75) is 18.7 Å². The van der Waals surface area contributed by atoms with Gasteiger partial charge in [-0.05, 0) is 0 Å². The summed E-state index contributed by atoms with van der Waals surface area (Å²) in [6.07, 6.45) is 0.419. The summed E-state index contributed by atoms with van der Waals surface area (Å²) in [6, 6.07) is 0. The maximum atomic E-state index is 10.7. The van der Waals surface area contributed by atoms with Crippen molar-refractivity contribution in [1.82, 2.24) is 0 Å². The first-order chi connectivity index (χ1) is 4.69. The van der Waals surface area contributed by atoms with Gasteiger partial charge in [-0.15, -0.1) is 0 Å². The zero-order valence-electron chi connectivity index (χ0n) is 7.40. The molecule has 0 bridgehead atoms. The van der Waals surface area contributed by atoms with Crippen molar-refractivity contribution in [3.05, 3.63) is 0 Å². The lowest BCUT2D eigenvalue weighted by Crippen LogP contribution is -2.49. The van der Waals surface area contributed by atoms with E-state index in [1.807, 2.05) is 0 Å². The molecule has 4 nitrogen and oxygen atoms in total. The largest absolute Gasteiger partial charge is 0.319 e. The van der Waals surface area contributed by atoms with E-state index >= 15 is 0 Å². The monoisotopic (exact) mass is 182 g/mol. The van der Waals surface area contributed by atoms with E-state index < -0.39 is 15.5 Å². The summed E-state index contributed by atoms with van der Waals surface area (Å²) in [5.41, 5.74) is 0. The number of quaternary nitrogens is 1. The van der Waals surface area contributed by atoms with Crippen molar-refractivity contribution < 1.29 is 17.5 Å². The smallest absolute Gasteiger partial charge is 0.314 e. The summed E-state index contributed by atoms with van der Waals surface area (Å²) < 4.78 is 30.5. The highest BCUT2D eigenvalue weighted by Crippen LogP contribution is 2.12. The number of nitrogens with zero attached hydrogens (tertiary/aromatic N) is 1. The molecule has 0 rings (SSSR count). The third-order valence-corrected chi connectivity index (χ3v) is 3.21. The second kappa shape index (κ2) is 3.08. The Morgan fingerprint density at radius 1 is 1.36 bits per heavy atom. The molecule has 0 amide bonds. The molecule has 0 saturated heterocycles. The second-order valence-corrected chi connectivity index (χ2v) is 5.07. The summed E-state index contributed by atoms with van der Waals surface area (Å²) in [5, 5.41) is -0.720. The first-order valence-corrected chi connectivity index (χ1v) is 4.97. The molecule has 0 fully saturated rings. The van der Waals surface area contributed by atoms with Gasteiger partial charge in [0.1, 0.15) is 0 Å². The van der Waals surface area contributed by atoms with Gasteiger partial charge in [-0.25, -0.2) is 0 Å². The molecule has 1 N–H and O–H groups in total. The first kappa shape index (κ1) is 10.9. The molecule has 0 aromatic carbocycles. The Labute approximate surface area is 68.2 Å². The zero-order valence-corrected chi connectivity index (χ0v) is 8.22. The predicted octanol–water partition coefficient (Wildman–Crippen LogP) is 0.317. The lowest BCUT2D eigenvalue weighted by atomic mass is 10.4. The molecular formula is C6H16NO3S+. The quantitative estimate of drug-likeness (QED) is 0.505. The average molecular weight is 182 g/mol. The molecule has 0 spiro atoms. The lowest BCUT2D eigenvalue weighted by Gasteiger charge is -2.30. The molecule has 0 aliphatic rings. The van der Waals surface area contributed by atoms with Gasteiger partial charge in [0.05, 0.1) is 21.1 Å². The van der Waals surface area contributed by atoms with Crippen LogP contribution >= 0.6 is 0 Å². The Morgan fingerprint density at radius 2 is 1.73 bits per heavy atom. The second-order valence-electron chi connectivity index (χ2n) is 3.49. The molecule has 68 valence electrons. The highest BCUT2D eigenvalue weighted by atomic mass is 32.2. The van der Waals surface area contributed by atoms with Gasteiger partial charge in [0.15, 0.2) is 0 Å². The van der Waals surface area contributed by atoms with E-state index in [4.69, 9.17) is 4.55 Å². The van der Waals surface area contributed by atoms with E-state index in [0.717, 1.165) is 0 Å². The Morgan fingerprint density at radius 3 is 1.73 bits per heavy atom. The third kappa shape index (κ3) is 3.18. The number of hydrogen-bond acceptors (Lipinski definition) is 2. The molecule has 0 saturated carbocycles. The van der Waals surface area contributed by atoms with Gasteiger partial charge in [-0.2, -0.15) is 8.42 Å². The fourth-order valence-electron chi connectivity index (χ4n) is 1.16. The van der Waals surface area contributed by atoms with E-state index in [-0.39, 0.29) is 4.48 Å². The molecule has 0 aromatic heterocycles. The van der Waals surface area contributed by atoms with Crippen LogP contribution in [0.5, 0.6) is 0 Å². The minimum atomic E-state index is -3.90. The van der Waals surface area contributed by atoms with Gasteiger partial charge >= 0.3 is 10.1 Å². The molecule has 0 radical (unpaired) electrons. The van der Waals surface area contributed by atoms with Crippen molar-refractivity contribution in [2.24, 2.45) is 0 Å². The van der Waals surface area contributed by atoms with Gasteiger partial charge < -0.3 is 4.48 Å². The first-order valence-electron chi connectivity index (χ1n) is 3.47. The molecule has 0 aliphatic carbocycles. The Hall–Kier alpha value is -0.130. The molecule has 0 aliphatic heterocycles. The highest BCUT2D eigenvalue weighted by Gasteiger charge is 2.33. The van der Waals surface area contributed by atoms with Crippen LogP contribution in [-0.2, 0) is 10.1 Å². The molecule has 5 heteroatoms. The summed E-state index contributed by atoms with van der Waals surface area (Å²) in [7, 11) is 1.31. The summed E-state index contributed by atoms with van der Waals surface area (Å²) in [5.74, 6) is 0. The van der Waals surface area contributed by atoms with E-state index in [9.17, 15) is 8.42 Å². The van der Waals surface area contributed by atoms with E-state index in [1.54, 1.807) is 28.1 Å². The van der Waals surface area contributed by atoms with Crippen molar-refractivity contribution in [1.29, 1.82) is 0 Å². The van der Waals surface area contributed by atoms with Gasteiger partial charge in [0.2, 0.25) is 5.37 Å². The molecule has 0 aromatic rings. The van der Waals surface area contributed by atoms with E-state index in [2.05, 4.69) is 0 Å². The van der Waals surface area contributed by atoms with Crippen molar-refractivity contribution >= 4 is 10.1 Å². The van der Waals surface area contributed by atoms with Crippen LogP contribution in [0.2, 0.25) is 0 Å². The fourth-order valence-corrected chi connectivity index (χ4v) is 2.38. The van der Waals surface area contributed by atoms with Gasteiger partial charge in [-0.1, -0.05) is 6.92 Å².